The molecule has 0 aliphatic carbocycles. The van der Waals surface area contributed by atoms with Gasteiger partial charge in [0, 0.05) is 41.6 Å². The standard InChI is InChI=1S/C24H27N3O5S2/c1-32-22-8-4-5-18(24(25)29)19(22)15-17-9-10-23(33-17)34(30,31)27-13-11-16(12-14-27)26-20-6-2-3-7-21(20)28/h2-10,16,26,28H,11-15H2,1H3,(H2,25,29). The molecule has 0 atom stereocenters. The first kappa shape index (κ1) is 24.1. The number of hydrogen-bond acceptors (Lipinski definition) is 7. The van der Waals surface area contributed by atoms with Gasteiger partial charge in [0.15, 0.2) is 0 Å². The molecule has 1 aliphatic rings. The molecule has 180 valence electrons. The van der Waals surface area contributed by atoms with Gasteiger partial charge >= 0.3 is 0 Å². The van der Waals surface area contributed by atoms with Gasteiger partial charge in [-0.05, 0) is 49.2 Å². The number of nitrogens with zero attached hydrogens (tertiary/aromatic N) is 1. The summed E-state index contributed by atoms with van der Waals surface area (Å²) in [6, 6.07) is 15.6. The molecule has 1 fully saturated rings. The summed E-state index contributed by atoms with van der Waals surface area (Å²) in [6.07, 6.45) is 1.61. The lowest BCUT2D eigenvalue weighted by Gasteiger charge is -2.31. The first-order valence-electron chi connectivity index (χ1n) is 10.9. The van der Waals surface area contributed by atoms with Crippen LogP contribution in [0.15, 0.2) is 58.8 Å². The smallest absolute Gasteiger partial charge is 0.252 e. The Balaban J connectivity index is 1.45. The minimum Gasteiger partial charge on any atom is -0.506 e. The number of benzene rings is 2. The van der Waals surface area contributed by atoms with Crippen molar-refractivity contribution in [1.29, 1.82) is 0 Å². The molecular weight excluding hydrogens is 474 g/mol. The second-order valence-electron chi connectivity index (χ2n) is 8.09. The Bertz CT molecular complexity index is 1280. The van der Waals surface area contributed by atoms with Gasteiger partial charge in [0.25, 0.3) is 10.0 Å². The van der Waals surface area contributed by atoms with E-state index in [1.807, 2.05) is 6.07 Å². The Morgan fingerprint density at radius 1 is 1.15 bits per heavy atom. The van der Waals surface area contributed by atoms with Crippen LogP contribution < -0.4 is 15.8 Å². The largest absolute Gasteiger partial charge is 0.506 e. The first-order chi connectivity index (χ1) is 16.3. The van der Waals surface area contributed by atoms with Crippen LogP contribution in [0.1, 0.15) is 33.6 Å². The van der Waals surface area contributed by atoms with Gasteiger partial charge in [0.05, 0.1) is 12.8 Å². The van der Waals surface area contributed by atoms with Crippen LogP contribution in [-0.4, -0.2) is 50.0 Å². The molecule has 0 saturated carbocycles. The van der Waals surface area contributed by atoms with Crippen molar-refractivity contribution >= 4 is 33.0 Å². The summed E-state index contributed by atoms with van der Waals surface area (Å²) in [4.78, 5) is 12.7. The van der Waals surface area contributed by atoms with Crippen molar-refractivity contribution in [1.82, 2.24) is 4.31 Å². The number of para-hydroxylation sites is 2. The number of nitrogens with two attached hydrogens (primary N) is 1. The summed E-state index contributed by atoms with van der Waals surface area (Å²) in [5.41, 5.74) is 7.17. The Hall–Kier alpha value is -3.08. The Kier molecular flexibility index (Phi) is 7.11. The highest BCUT2D eigenvalue weighted by Gasteiger charge is 2.31. The summed E-state index contributed by atoms with van der Waals surface area (Å²) in [5.74, 6) is 0.157. The number of sulfonamides is 1. The maximum atomic E-state index is 13.2. The third-order valence-electron chi connectivity index (χ3n) is 5.92. The number of phenolic OH excluding ortho intramolecular Hbond substituents is 1. The lowest BCUT2D eigenvalue weighted by molar-refractivity contribution is 0.0999. The monoisotopic (exact) mass is 501 g/mol. The average Bonchev–Trinajstić information content (AvgIpc) is 3.30. The number of thiophene rings is 1. The highest BCUT2D eigenvalue weighted by atomic mass is 32.2. The lowest BCUT2D eigenvalue weighted by atomic mass is 10.0. The van der Waals surface area contributed by atoms with Gasteiger partial charge in [-0.2, -0.15) is 4.31 Å². The quantitative estimate of drug-likeness (QED) is 0.407. The van der Waals surface area contributed by atoms with Crippen LogP contribution in [-0.2, 0) is 16.4 Å². The number of methoxy groups -OCH3 is 1. The predicted octanol–water partition coefficient (Wildman–Crippen LogP) is 3.42. The molecule has 0 unspecified atom stereocenters. The van der Waals surface area contributed by atoms with Crippen LogP contribution in [0, 0.1) is 0 Å². The summed E-state index contributed by atoms with van der Waals surface area (Å²) < 4.78 is 33.7. The Morgan fingerprint density at radius 2 is 1.88 bits per heavy atom. The molecular formula is C24H27N3O5S2. The SMILES string of the molecule is COc1cccc(C(N)=O)c1Cc1ccc(S(=O)(=O)N2CCC(Nc3ccccc3O)CC2)s1. The van der Waals surface area contributed by atoms with Crippen molar-refractivity contribution in [2.45, 2.75) is 29.5 Å². The molecule has 2 aromatic carbocycles. The molecule has 0 spiro atoms. The van der Waals surface area contributed by atoms with E-state index in [1.54, 1.807) is 48.5 Å². The number of rotatable bonds is 8. The van der Waals surface area contributed by atoms with Gasteiger partial charge in [-0.25, -0.2) is 8.42 Å². The summed E-state index contributed by atoms with van der Waals surface area (Å²) in [6.45, 7) is 0.776. The highest BCUT2D eigenvalue weighted by molar-refractivity contribution is 7.91. The van der Waals surface area contributed by atoms with Gasteiger partial charge < -0.3 is 20.9 Å². The molecule has 0 radical (unpaired) electrons. The molecule has 0 bridgehead atoms. The van der Waals surface area contributed by atoms with Crippen LogP contribution >= 0.6 is 11.3 Å². The Labute approximate surface area is 203 Å². The van der Waals surface area contributed by atoms with Gasteiger partial charge in [0.2, 0.25) is 5.91 Å². The molecule has 2 heterocycles. The maximum Gasteiger partial charge on any atom is 0.252 e. The van der Waals surface area contributed by atoms with Gasteiger partial charge in [-0.3, -0.25) is 4.79 Å². The maximum absolute atomic E-state index is 13.2. The summed E-state index contributed by atoms with van der Waals surface area (Å²) in [7, 11) is -2.11. The number of carbonyl (C=O) groups excluding carboxylic acids is 1. The van der Waals surface area contributed by atoms with Crippen molar-refractivity contribution in [3.05, 3.63) is 70.6 Å². The van der Waals surface area contributed by atoms with Gasteiger partial charge in [-0.1, -0.05) is 18.2 Å². The third kappa shape index (κ3) is 5.03. The molecule has 10 heteroatoms. The van der Waals surface area contributed by atoms with Crippen LogP contribution in [0.2, 0.25) is 0 Å². The summed E-state index contributed by atoms with van der Waals surface area (Å²) in [5, 5.41) is 13.3. The molecule has 1 saturated heterocycles. The van der Waals surface area contributed by atoms with Crippen LogP contribution in [0.5, 0.6) is 11.5 Å². The second-order valence-corrected chi connectivity index (χ2v) is 11.4. The molecule has 4 rings (SSSR count). The lowest BCUT2D eigenvalue weighted by Crippen LogP contribution is -2.42. The van der Waals surface area contributed by atoms with E-state index in [4.69, 9.17) is 10.5 Å². The minimum atomic E-state index is -3.63. The van der Waals surface area contributed by atoms with E-state index in [1.165, 1.54) is 22.8 Å². The second kappa shape index (κ2) is 10.0. The number of phenols is 1. The minimum absolute atomic E-state index is 0.0800. The summed E-state index contributed by atoms with van der Waals surface area (Å²) >= 11 is 1.19. The molecule has 1 aliphatic heterocycles. The van der Waals surface area contributed by atoms with Crippen molar-refractivity contribution in [3.8, 4) is 11.5 Å². The fraction of sp³-hybridized carbons (Fsp3) is 0.292. The van der Waals surface area contributed by atoms with E-state index in [2.05, 4.69) is 5.32 Å². The van der Waals surface area contributed by atoms with E-state index in [-0.39, 0.29) is 16.0 Å². The first-order valence-corrected chi connectivity index (χ1v) is 13.1. The fourth-order valence-electron chi connectivity index (χ4n) is 4.12. The molecule has 3 aromatic rings. The van der Waals surface area contributed by atoms with E-state index in [0.717, 1.165) is 4.88 Å². The molecule has 1 amide bonds. The topological polar surface area (TPSA) is 122 Å². The molecule has 8 nitrogen and oxygen atoms in total. The number of aromatic hydroxyl groups is 1. The van der Waals surface area contributed by atoms with E-state index >= 15 is 0 Å². The number of hydrogen-bond donors (Lipinski definition) is 3. The van der Waals surface area contributed by atoms with E-state index < -0.39 is 15.9 Å². The normalized spacial score (nSPS) is 15.2. The van der Waals surface area contributed by atoms with Gasteiger partial charge in [-0.15, -0.1) is 11.3 Å². The van der Waals surface area contributed by atoms with E-state index in [0.29, 0.717) is 54.9 Å². The number of nitrogens with one attached hydrogen (secondary N) is 1. The van der Waals surface area contributed by atoms with Gasteiger partial charge in [0.1, 0.15) is 15.7 Å². The number of primary amides is 1. The van der Waals surface area contributed by atoms with Crippen molar-refractivity contribution in [2.75, 3.05) is 25.5 Å². The number of piperidine rings is 1. The van der Waals surface area contributed by atoms with Crippen molar-refractivity contribution in [3.63, 3.8) is 0 Å². The Morgan fingerprint density at radius 3 is 2.56 bits per heavy atom. The zero-order valence-electron chi connectivity index (χ0n) is 18.7. The third-order valence-corrected chi connectivity index (χ3v) is 9.37. The number of ether oxygens (including phenoxy) is 1. The fourth-order valence-corrected chi connectivity index (χ4v) is 7.11. The van der Waals surface area contributed by atoms with Crippen LogP contribution in [0.3, 0.4) is 0 Å². The number of carbonyl (C=O) groups is 1. The zero-order chi connectivity index (χ0) is 24.3. The zero-order valence-corrected chi connectivity index (χ0v) is 20.4. The van der Waals surface area contributed by atoms with Crippen LogP contribution in [0.25, 0.3) is 0 Å². The molecule has 4 N–H and O–H groups in total. The van der Waals surface area contributed by atoms with Crippen molar-refractivity contribution < 1.29 is 23.1 Å². The van der Waals surface area contributed by atoms with E-state index in [9.17, 15) is 18.3 Å². The number of anilines is 1. The molecule has 34 heavy (non-hydrogen) atoms. The number of amides is 1. The average molecular weight is 502 g/mol. The predicted molar refractivity (Wildman–Crippen MR) is 132 cm³/mol. The molecule has 1 aromatic heterocycles. The highest BCUT2D eigenvalue weighted by Crippen LogP contribution is 2.32. The van der Waals surface area contributed by atoms with Crippen molar-refractivity contribution in [2.24, 2.45) is 5.73 Å². The van der Waals surface area contributed by atoms with Crippen LogP contribution in [0.4, 0.5) is 5.69 Å².